The number of hydrogen-bond acceptors (Lipinski definition) is 2. The van der Waals surface area contributed by atoms with Crippen molar-refractivity contribution in [2.45, 2.75) is 6.43 Å². The van der Waals surface area contributed by atoms with Crippen LogP contribution in [0.3, 0.4) is 0 Å². The summed E-state index contributed by atoms with van der Waals surface area (Å²) < 4.78 is 68.0. The topological polar surface area (TPSA) is 46.9 Å². The van der Waals surface area contributed by atoms with Gasteiger partial charge < -0.3 is 5.32 Å². The van der Waals surface area contributed by atoms with E-state index in [0.29, 0.717) is 6.07 Å². The van der Waals surface area contributed by atoms with E-state index < -0.39 is 35.5 Å². The van der Waals surface area contributed by atoms with Crippen molar-refractivity contribution in [3.8, 4) is 11.1 Å². The number of carbonyl (C=O) groups is 1. The molecule has 3 aromatic rings. The van der Waals surface area contributed by atoms with Gasteiger partial charge in [0.2, 0.25) is 0 Å². The number of rotatable bonds is 4. The first kappa shape index (κ1) is 18.6. The van der Waals surface area contributed by atoms with E-state index in [4.69, 9.17) is 0 Å². The minimum absolute atomic E-state index is 0.0315. The van der Waals surface area contributed by atoms with Gasteiger partial charge in [0.1, 0.15) is 23.1 Å². The second-order valence-electron chi connectivity index (χ2n) is 5.67. The molecule has 4 nitrogen and oxygen atoms in total. The first-order valence-corrected chi connectivity index (χ1v) is 7.64. The van der Waals surface area contributed by atoms with E-state index in [2.05, 4.69) is 10.4 Å². The van der Waals surface area contributed by atoms with Crippen molar-refractivity contribution in [1.82, 2.24) is 9.78 Å². The average Bonchev–Trinajstić information content (AvgIpc) is 2.99. The summed E-state index contributed by atoms with van der Waals surface area (Å²) in [7, 11) is 1.37. The summed E-state index contributed by atoms with van der Waals surface area (Å²) >= 11 is 0. The lowest BCUT2D eigenvalue weighted by molar-refractivity contribution is 0.101. The van der Waals surface area contributed by atoms with Crippen LogP contribution in [0.15, 0.2) is 42.6 Å². The molecule has 0 radical (unpaired) electrons. The molecule has 27 heavy (non-hydrogen) atoms. The summed E-state index contributed by atoms with van der Waals surface area (Å²) in [5.74, 6) is -3.43. The molecule has 1 heterocycles. The van der Waals surface area contributed by atoms with E-state index in [1.165, 1.54) is 7.05 Å². The van der Waals surface area contributed by atoms with Crippen molar-refractivity contribution in [2.24, 2.45) is 7.05 Å². The molecular formula is C18H12F5N3O. The maximum atomic E-state index is 14.1. The highest BCUT2D eigenvalue weighted by molar-refractivity contribution is 6.07. The molecule has 1 amide bonds. The summed E-state index contributed by atoms with van der Waals surface area (Å²) in [6.07, 6.45) is -1.87. The predicted molar refractivity (Wildman–Crippen MR) is 87.9 cm³/mol. The fourth-order valence-corrected chi connectivity index (χ4v) is 2.59. The SMILES string of the molecule is Cn1cc(C(=O)Nc2ccc(F)cc2-c2ccc(F)cc2F)c(C(F)F)n1. The molecule has 1 N–H and O–H groups in total. The highest BCUT2D eigenvalue weighted by atomic mass is 19.3. The van der Waals surface area contributed by atoms with Crippen LogP contribution in [0.2, 0.25) is 0 Å². The lowest BCUT2D eigenvalue weighted by Crippen LogP contribution is -2.14. The highest BCUT2D eigenvalue weighted by Gasteiger charge is 2.23. The minimum atomic E-state index is -2.98. The van der Waals surface area contributed by atoms with Crippen LogP contribution in [-0.4, -0.2) is 15.7 Å². The Morgan fingerprint density at radius 2 is 1.70 bits per heavy atom. The molecule has 9 heteroatoms. The zero-order valence-corrected chi connectivity index (χ0v) is 13.8. The maximum Gasteiger partial charge on any atom is 0.282 e. The monoisotopic (exact) mass is 381 g/mol. The van der Waals surface area contributed by atoms with E-state index in [1.54, 1.807) is 0 Å². The third-order valence-corrected chi connectivity index (χ3v) is 3.76. The Balaban J connectivity index is 2.02. The van der Waals surface area contributed by atoms with Gasteiger partial charge in [0.15, 0.2) is 0 Å². The first-order valence-electron chi connectivity index (χ1n) is 7.64. The molecule has 3 rings (SSSR count). The Morgan fingerprint density at radius 3 is 2.37 bits per heavy atom. The minimum Gasteiger partial charge on any atom is -0.321 e. The van der Waals surface area contributed by atoms with Crippen molar-refractivity contribution < 1.29 is 26.7 Å². The van der Waals surface area contributed by atoms with Crippen molar-refractivity contribution in [3.63, 3.8) is 0 Å². The van der Waals surface area contributed by atoms with Gasteiger partial charge in [0.05, 0.1) is 5.56 Å². The number of nitrogens with zero attached hydrogens (tertiary/aromatic N) is 2. The third-order valence-electron chi connectivity index (χ3n) is 3.76. The molecule has 0 spiro atoms. The van der Waals surface area contributed by atoms with Crippen LogP contribution in [0.4, 0.5) is 27.6 Å². The molecular weight excluding hydrogens is 369 g/mol. The van der Waals surface area contributed by atoms with Crippen molar-refractivity contribution in [3.05, 3.63) is 71.3 Å². The number of anilines is 1. The Labute approximate surface area is 150 Å². The fourth-order valence-electron chi connectivity index (χ4n) is 2.59. The fraction of sp³-hybridized carbons (Fsp3) is 0.111. The lowest BCUT2D eigenvalue weighted by Gasteiger charge is -2.12. The second-order valence-corrected chi connectivity index (χ2v) is 5.67. The molecule has 140 valence electrons. The molecule has 2 aromatic carbocycles. The number of hydrogen-bond donors (Lipinski definition) is 1. The Kier molecular flexibility index (Phi) is 4.93. The lowest BCUT2D eigenvalue weighted by atomic mass is 10.0. The van der Waals surface area contributed by atoms with E-state index in [0.717, 1.165) is 41.2 Å². The van der Waals surface area contributed by atoms with Crippen LogP contribution >= 0.6 is 0 Å². The Bertz CT molecular complexity index is 1020. The van der Waals surface area contributed by atoms with Crippen LogP contribution in [0.25, 0.3) is 11.1 Å². The first-order chi connectivity index (χ1) is 12.8. The second kappa shape index (κ2) is 7.18. The summed E-state index contributed by atoms with van der Waals surface area (Å²) in [5, 5.41) is 5.89. The Morgan fingerprint density at radius 1 is 1.04 bits per heavy atom. The standard InChI is InChI=1S/C18H12F5N3O/c1-26-8-13(16(25-26)17(22)23)18(27)24-15-5-3-9(19)6-12(15)11-4-2-10(20)7-14(11)21/h2-8,17H,1H3,(H,24,27). The van der Waals surface area contributed by atoms with Crippen molar-refractivity contribution in [2.75, 3.05) is 5.32 Å². The van der Waals surface area contributed by atoms with E-state index in [9.17, 15) is 26.7 Å². The third kappa shape index (κ3) is 3.81. The van der Waals surface area contributed by atoms with Gasteiger partial charge in [-0.15, -0.1) is 0 Å². The molecule has 1 aromatic heterocycles. The van der Waals surface area contributed by atoms with E-state index in [1.807, 2.05) is 0 Å². The molecule has 0 fully saturated rings. The van der Waals surface area contributed by atoms with Crippen LogP contribution in [0.1, 0.15) is 22.5 Å². The summed E-state index contributed by atoms with van der Waals surface area (Å²) in [6.45, 7) is 0. The highest BCUT2D eigenvalue weighted by Crippen LogP contribution is 2.32. The smallest absolute Gasteiger partial charge is 0.282 e. The summed E-state index contributed by atoms with van der Waals surface area (Å²) in [6, 6.07) is 5.79. The number of aromatic nitrogens is 2. The molecule has 0 aliphatic carbocycles. The molecule has 0 bridgehead atoms. The predicted octanol–water partition coefficient (Wildman–Crippen LogP) is 4.69. The molecule has 0 aliphatic heterocycles. The van der Waals surface area contributed by atoms with Gasteiger partial charge in [-0.05, 0) is 30.3 Å². The van der Waals surface area contributed by atoms with Crippen LogP contribution in [0.5, 0.6) is 0 Å². The van der Waals surface area contributed by atoms with Gasteiger partial charge in [0.25, 0.3) is 12.3 Å². The van der Waals surface area contributed by atoms with Crippen molar-refractivity contribution >= 4 is 11.6 Å². The molecule has 0 aliphatic rings. The van der Waals surface area contributed by atoms with Crippen molar-refractivity contribution in [1.29, 1.82) is 0 Å². The maximum absolute atomic E-state index is 14.1. The number of carbonyl (C=O) groups excluding carboxylic acids is 1. The van der Waals surface area contributed by atoms with E-state index in [-0.39, 0.29) is 22.4 Å². The van der Waals surface area contributed by atoms with Gasteiger partial charge in [-0.2, -0.15) is 5.10 Å². The number of aryl methyl sites for hydroxylation is 1. The number of benzene rings is 2. The molecule has 0 saturated heterocycles. The van der Waals surface area contributed by atoms with Crippen LogP contribution < -0.4 is 5.32 Å². The zero-order chi connectivity index (χ0) is 19.7. The summed E-state index contributed by atoms with van der Waals surface area (Å²) in [5.41, 5.74) is -1.35. The van der Waals surface area contributed by atoms with Gasteiger partial charge in [-0.3, -0.25) is 9.48 Å². The molecule has 0 saturated carbocycles. The average molecular weight is 381 g/mol. The van der Waals surface area contributed by atoms with Crippen LogP contribution in [-0.2, 0) is 7.05 Å². The summed E-state index contributed by atoms with van der Waals surface area (Å²) in [4.78, 5) is 12.4. The van der Waals surface area contributed by atoms with Gasteiger partial charge in [-0.1, -0.05) is 0 Å². The number of halogens is 5. The number of nitrogens with one attached hydrogen (secondary N) is 1. The van der Waals surface area contributed by atoms with Gasteiger partial charge in [0, 0.05) is 36.1 Å². The van der Waals surface area contributed by atoms with Crippen LogP contribution in [0, 0.1) is 17.5 Å². The Hall–Kier alpha value is -3.23. The molecule has 0 atom stereocenters. The van der Waals surface area contributed by atoms with E-state index >= 15 is 0 Å². The zero-order valence-electron chi connectivity index (χ0n) is 13.8. The normalized spacial score (nSPS) is 11.1. The van der Waals surface area contributed by atoms with Gasteiger partial charge >= 0.3 is 0 Å². The van der Waals surface area contributed by atoms with Gasteiger partial charge in [-0.25, -0.2) is 22.0 Å². The largest absolute Gasteiger partial charge is 0.321 e. The number of alkyl halides is 2. The molecule has 0 unspecified atom stereocenters. The quantitative estimate of drug-likeness (QED) is 0.667. The number of amides is 1.